The molecule has 2 aliphatic rings. The fourth-order valence-corrected chi connectivity index (χ4v) is 4.00. The first-order chi connectivity index (χ1) is 8.70. The molecule has 2 saturated carbocycles. The van der Waals surface area contributed by atoms with E-state index in [1.807, 2.05) is 30.3 Å². The number of hydrogen-bond acceptors (Lipinski definition) is 2. The second-order valence-corrected chi connectivity index (χ2v) is 5.65. The van der Waals surface area contributed by atoms with E-state index in [1.165, 1.54) is 6.42 Å². The van der Waals surface area contributed by atoms with Gasteiger partial charge < -0.3 is 0 Å². The number of carbonyl (C=O) groups is 2. The Kier molecular flexibility index (Phi) is 2.81. The molecule has 94 valence electrons. The van der Waals surface area contributed by atoms with Crippen molar-refractivity contribution < 1.29 is 9.59 Å². The molecule has 0 bridgehead atoms. The Hall–Kier alpha value is -1.44. The lowest BCUT2D eigenvalue weighted by Crippen LogP contribution is -2.51. The van der Waals surface area contributed by atoms with E-state index >= 15 is 0 Å². The molecule has 2 heteroatoms. The van der Waals surface area contributed by atoms with E-state index in [1.54, 1.807) is 6.92 Å². The third-order valence-corrected chi connectivity index (χ3v) is 4.76. The van der Waals surface area contributed by atoms with Gasteiger partial charge in [0, 0.05) is 17.4 Å². The molecule has 0 amide bonds. The van der Waals surface area contributed by atoms with Crippen LogP contribution in [0.15, 0.2) is 30.3 Å². The molecular formula is C16H18O2. The highest BCUT2D eigenvalue weighted by Gasteiger charge is 2.56. The van der Waals surface area contributed by atoms with Gasteiger partial charge >= 0.3 is 0 Å². The van der Waals surface area contributed by atoms with Crippen LogP contribution in [0.5, 0.6) is 0 Å². The molecule has 4 atom stereocenters. The SMILES string of the molecule is CC(=O)[C@@H]1[C@@H]2CCC[C@@H]2[C@H]1C(=O)c1ccccc1. The smallest absolute Gasteiger partial charge is 0.166 e. The summed E-state index contributed by atoms with van der Waals surface area (Å²) in [6, 6.07) is 9.42. The highest BCUT2D eigenvalue weighted by molar-refractivity contribution is 6.02. The van der Waals surface area contributed by atoms with Gasteiger partial charge in [0.25, 0.3) is 0 Å². The van der Waals surface area contributed by atoms with Crippen LogP contribution in [0.2, 0.25) is 0 Å². The van der Waals surface area contributed by atoms with Crippen LogP contribution < -0.4 is 0 Å². The monoisotopic (exact) mass is 242 g/mol. The molecule has 1 aromatic carbocycles. The lowest BCUT2D eigenvalue weighted by Gasteiger charge is -2.46. The molecule has 0 heterocycles. The van der Waals surface area contributed by atoms with Gasteiger partial charge in [-0.2, -0.15) is 0 Å². The van der Waals surface area contributed by atoms with E-state index in [4.69, 9.17) is 0 Å². The fourth-order valence-electron chi connectivity index (χ4n) is 4.00. The van der Waals surface area contributed by atoms with Crippen LogP contribution in [0, 0.1) is 23.7 Å². The lowest BCUT2D eigenvalue weighted by atomic mass is 9.55. The molecule has 2 fully saturated rings. The topological polar surface area (TPSA) is 34.1 Å². The minimum atomic E-state index is -0.0441. The van der Waals surface area contributed by atoms with Crippen LogP contribution in [-0.2, 0) is 4.79 Å². The molecule has 0 aromatic heterocycles. The predicted molar refractivity (Wildman–Crippen MR) is 69.3 cm³/mol. The molecule has 0 N–H and O–H groups in total. The van der Waals surface area contributed by atoms with E-state index in [-0.39, 0.29) is 23.4 Å². The maximum atomic E-state index is 12.5. The number of hydrogen-bond donors (Lipinski definition) is 0. The Morgan fingerprint density at radius 2 is 1.61 bits per heavy atom. The van der Waals surface area contributed by atoms with Crippen LogP contribution in [0.25, 0.3) is 0 Å². The van der Waals surface area contributed by atoms with Crippen molar-refractivity contribution >= 4 is 11.6 Å². The summed E-state index contributed by atoms with van der Waals surface area (Å²) >= 11 is 0. The van der Waals surface area contributed by atoms with Crippen LogP contribution in [-0.4, -0.2) is 11.6 Å². The van der Waals surface area contributed by atoms with Crippen LogP contribution in [0.3, 0.4) is 0 Å². The first-order valence-corrected chi connectivity index (χ1v) is 6.80. The second-order valence-electron chi connectivity index (χ2n) is 5.65. The third-order valence-electron chi connectivity index (χ3n) is 4.76. The summed E-state index contributed by atoms with van der Waals surface area (Å²) in [6.45, 7) is 1.64. The van der Waals surface area contributed by atoms with Crippen LogP contribution in [0.1, 0.15) is 36.5 Å². The van der Waals surface area contributed by atoms with Crippen molar-refractivity contribution in [2.45, 2.75) is 26.2 Å². The summed E-state index contributed by atoms with van der Waals surface area (Å²) in [5, 5.41) is 0. The van der Waals surface area contributed by atoms with Gasteiger partial charge in [0.1, 0.15) is 5.78 Å². The molecule has 1 aromatic rings. The predicted octanol–water partition coefficient (Wildman–Crippen LogP) is 3.12. The van der Waals surface area contributed by atoms with Gasteiger partial charge in [0.05, 0.1) is 0 Å². The van der Waals surface area contributed by atoms with Crippen molar-refractivity contribution in [2.24, 2.45) is 23.7 Å². The Balaban J connectivity index is 1.87. The highest BCUT2D eigenvalue weighted by atomic mass is 16.1. The van der Waals surface area contributed by atoms with E-state index in [2.05, 4.69) is 0 Å². The Morgan fingerprint density at radius 1 is 1.00 bits per heavy atom. The molecule has 0 aliphatic heterocycles. The van der Waals surface area contributed by atoms with Gasteiger partial charge in [0.15, 0.2) is 5.78 Å². The molecular weight excluding hydrogens is 224 g/mol. The van der Waals surface area contributed by atoms with Crippen molar-refractivity contribution in [3.63, 3.8) is 0 Å². The van der Waals surface area contributed by atoms with E-state index in [9.17, 15) is 9.59 Å². The zero-order valence-electron chi connectivity index (χ0n) is 10.6. The Bertz CT molecular complexity index is 477. The van der Waals surface area contributed by atoms with Crippen LogP contribution in [0.4, 0.5) is 0 Å². The van der Waals surface area contributed by atoms with Crippen molar-refractivity contribution in [2.75, 3.05) is 0 Å². The first-order valence-electron chi connectivity index (χ1n) is 6.80. The largest absolute Gasteiger partial charge is 0.300 e. The number of benzene rings is 1. The standard InChI is InChI=1S/C16H18O2/c1-10(17)14-12-8-5-9-13(12)15(14)16(18)11-6-3-2-4-7-11/h2-4,6-7,12-15H,5,8-9H2,1H3/t12-,13+,14-,15-/m1/s1. The molecule has 0 saturated heterocycles. The average Bonchev–Trinajstić information content (AvgIpc) is 2.73. The molecule has 0 spiro atoms. The van der Waals surface area contributed by atoms with Crippen LogP contribution >= 0.6 is 0 Å². The maximum Gasteiger partial charge on any atom is 0.166 e. The van der Waals surface area contributed by atoms with Crippen molar-refractivity contribution in [3.05, 3.63) is 35.9 Å². The van der Waals surface area contributed by atoms with E-state index in [0.717, 1.165) is 18.4 Å². The minimum absolute atomic E-state index is 0.00907. The second kappa shape index (κ2) is 4.34. The average molecular weight is 242 g/mol. The third kappa shape index (κ3) is 1.63. The molecule has 0 unspecified atom stereocenters. The summed E-state index contributed by atoms with van der Waals surface area (Å²) in [4.78, 5) is 24.3. The van der Waals surface area contributed by atoms with Gasteiger partial charge in [-0.25, -0.2) is 0 Å². The Labute approximate surface area is 107 Å². The zero-order chi connectivity index (χ0) is 12.7. The molecule has 18 heavy (non-hydrogen) atoms. The molecule has 3 rings (SSSR count). The van der Waals surface area contributed by atoms with E-state index in [0.29, 0.717) is 11.8 Å². The lowest BCUT2D eigenvalue weighted by molar-refractivity contribution is -0.131. The number of rotatable bonds is 3. The first kappa shape index (κ1) is 11.6. The quantitative estimate of drug-likeness (QED) is 0.763. The normalized spacial score (nSPS) is 33.6. The van der Waals surface area contributed by atoms with Gasteiger partial charge in [-0.05, 0) is 31.6 Å². The van der Waals surface area contributed by atoms with Gasteiger partial charge in [-0.15, -0.1) is 0 Å². The highest BCUT2D eigenvalue weighted by Crippen LogP contribution is 2.56. The number of carbonyl (C=O) groups excluding carboxylic acids is 2. The number of Topliss-reactive ketones (excluding diaryl/α,β-unsaturated/α-hetero) is 2. The minimum Gasteiger partial charge on any atom is -0.300 e. The van der Waals surface area contributed by atoms with Crippen molar-refractivity contribution in [1.82, 2.24) is 0 Å². The van der Waals surface area contributed by atoms with Gasteiger partial charge in [0.2, 0.25) is 0 Å². The van der Waals surface area contributed by atoms with Gasteiger partial charge in [-0.3, -0.25) is 9.59 Å². The van der Waals surface area contributed by atoms with Crippen molar-refractivity contribution in [3.8, 4) is 0 Å². The summed E-state index contributed by atoms with van der Waals surface area (Å²) in [5.74, 6) is 1.28. The summed E-state index contributed by atoms with van der Waals surface area (Å²) in [6.07, 6.45) is 3.43. The number of fused-ring (bicyclic) bond motifs is 1. The van der Waals surface area contributed by atoms with E-state index < -0.39 is 0 Å². The fraction of sp³-hybridized carbons (Fsp3) is 0.500. The Morgan fingerprint density at radius 3 is 2.22 bits per heavy atom. The summed E-state index contributed by atoms with van der Waals surface area (Å²) < 4.78 is 0. The molecule has 2 nitrogen and oxygen atoms in total. The zero-order valence-corrected chi connectivity index (χ0v) is 10.6. The maximum absolute atomic E-state index is 12.5. The number of ketones is 2. The molecule has 0 radical (unpaired) electrons. The molecule has 2 aliphatic carbocycles. The van der Waals surface area contributed by atoms with Gasteiger partial charge in [-0.1, -0.05) is 36.8 Å². The summed E-state index contributed by atoms with van der Waals surface area (Å²) in [7, 11) is 0. The summed E-state index contributed by atoms with van der Waals surface area (Å²) in [5.41, 5.74) is 0.763. The van der Waals surface area contributed by atoms with Crippen molar-refractivity contribution in [1.29, 1.82) is 0 Å².